The lowest BCUT2D eigenvalue weighted by atomic mass is 10.2. The molecule has 0 aliphatic carbocycles. The summed E-state index contributed by atoms with van der Waals surface area (Å²) in [7, 11) is 2.12. The van der Waals surface area contributed by atoms with Crippen molar-refractivity contribution in [1.29, 1.82) is 0 Å². The average Bonchev–Trinajstić information content (AvgIpc) is 2.99. The summed E-state index contributed by atoms with van der Waals surface area (Å²) in [6.07, 6.45) is 5.11. The topological polar surface area (TPSA) is 22.2 Å². The molecule has 4 aromatic rings. The maximum Gasteiger partial charge on any atom is 0.161 e. The van der Waals surface area contributed by atoms with E-state index in [0.29, 0.717) is 0 Å². The molecule has 3 nitrogen and oxygen atoms in total. The number of rotatable bonds is 1. The maximum absolute atomic E-state index is 4.62. The average molecular weight is 249 g/mol. The lowest BCUT2D eigenvalue weighted by Crippen LogP contribution is -1.93. The number of aromatic nitrogens is 3. The lowest BCUT2D eigenvalue weighted by molar-refractivity contribution is 0.982. The van der Waals surface area contributed by atoms with Crippen LogP contribution >= 0.6 is 0 Å². The standard InChI is InChI=1S/C16H15N3/c1-3-11-10-17-16-15-13(8-9-19(11)16)12-6-4-5-7-14(12)18(15)2/h4-10H,3H2,1-2H3. The van der Waals surface area contributed by atoms with Crippen molar-refractivity contribution < 1.29 is 0 Å². The van der Waals surface area contributed by atoms with E-state index >= 15 is 0 Å². The fourth-order valence-electron chi connectivity index (χ4n) is 3.01. The molecule has 3 heterocycles. The molecular formula is C16H15N3. The summed E-state index contributed by atoms with van der Waals surface area (Å²) < 4.78 is 4.44. The van der Waals surface area contributed by atoms with Crippen LogP contribution in [0.3, 0.4) is 0 Å². The molecule has 0 fully saturated rings. The van der Waals surface area contributed by atoms with E-state index < -0.39 is 0 Å². The van der Waals surface area contributed by atoms with E-state index in [1.54, 1.807) is 0 Å². The zero-order chi connectivity index (χ0) is 13.0. The summed E-state index contributed by atoms with van der Waals surface area (Å²) in [5.74, 6) is 0. The first-order valence-electron chi connectivity index (χ1n) is 6.63. The van der Waals surface area contributed by atoms with Gasteiger partial charge in [0.05, 0.1) is 5.52 Å². The molecule has 3 aromatic heterocycles. The molecule has 0 bridgehead atoms. The van der Waals surface area contributed by atoms with Crippen LogP contribution in [0.15, 0.2) is 42.7 Å². The van der Waals surface area contributed by atoms with Gasteiger partial charge in [0.1, 0.15) is 0 Å². The Hall–Kier alpha value is -2.29. The number of fused-ring (bicyclic) bond motifs is 5. The monoisotopic (exact) mass is 249 g/mol. The Morgan fingerprint density at radius 2 is 1.95 bits per heavy atom. The van der Waals surface area contributed by atoms with Crippen LogP contribution in [0.25, 0.3) is 27.5 Å². The Bertz CT molecular complexity index is 912. The van der Waals surface area contributed by atoms with E-state index in [2.05, 4.69) is 64.5 Å². The van der Waals surface area contributed by atoms with Crippen molar-refractivity contribution in [2.75, 3.05) is 0 Å². The summed E-state index contributed by atoms with van der Waals surface area (Å²) in [6.45, 7) is 2.16. The zero-order valence-electron chi connectivity index (χ0n) is 11.1. The van der Waals surface area contributed by atoms with Crippen LogP contribution in [0.1, 0.15) is 12.6 Å². The largest absolute Gasteiger partial charge is 0.341 e. The molecule has 0 N–H and O–H groups in total. The van der Waals surface area contributed by atoms with E-state index in [1.807, 2.05) is 6.20 Å². The van der Waals surface area contributed by atoms with Crippen molar-refractivity contribution in [2.45, 2.75) is 13.3 Å². The summed E-state index contributed by atoms with van der Waals surface area (Å²) in [6, 6.07) is 10.7. The van der Waals surface area contributed by atoms with E-state index in [9.17, 15) is 0 Å². The fourth-order valence-corrected chi connectivity index (χ4v) is 3.01. The first kappa shape index (κ1) is 10.6. The fraction of sp³-hybridized carbons (Fsp3) is 0.188. The molecule has 0 saturated heterocycles. The van der Waals surface area contributed by atoms with Crippen LogP contribution in [0.4, 0.5) is 0 Å². The molecule has 0 spiro atoms. The summed E-state index contributed by atoms with van der Waals surface area (Å²) in [4.78, 5) is 4.62. The molecule has 0 radical (unpaired) electrons. The number of pyridine rings is 1. The highest BCUT2D eigenvalue weighted by Gasteiger charge is 2.13. The third kappa shape index (κ3) is 1.24. The molecule has 0 atom stereocenters. The van der Waals surface area contributed by atoms with Crippen LogP contribution in [0, 0.1) is 0 Å². The second-order valence-electron chi connectivity index (χ2n) is 4.95. The number of benzene rings is 1. The molecule has 0 aliphatic heterocycles. The van der Waals surface area contributed by atoms with Gasteiger partial charge in [0.15, 0.2) is 5.65 Å². The van der Waals surface area contributed by atoms with Crippen LogP contribution in [0.2, 0.25) is 0 Å². The minimum Gasteiger partial charge on any atom is -0.341 e. The molecule has 19 heavy (non-hydrogen) atoms. The molecular weight excluding hydrogens is 234 g/mol. The Kier molecular flexibility index (Phi) is 2.01. The van der Waals surface area contributed by atoms with Gasteiger partial charge in [0.2, 0.25) is 0 Å². The van der Waals surface area contributed by atoms with Crippen molar-refractivity contribution >= 4 is 27.5 Å². The molecule has 1 aromatic carbocycles. The lowest BCUT2D eigenvalue weighted by Gasteiger charge is -2.02. The predicted octanol–water partition coefficient (Wildman–Crippen LogP) is 3.54. The number of hydrogen-bond donors (Lipinski definition) is 0. The Labute approximate surface area is 111 Å². The Balaban J connectivity index is 2.30. The van der Waals surface area contributed by atoms with Gasteiger partial charge in [-0.15, -0.1) is 0 Å². The zero-order valence-corrected chi connectivity index (χ0v) is 11.1. The van der Waals surface area contributed by atoms with E-state index in [1.165, 1.54) is 27.5 Å². The number of para-hydroxylation sites is 1. The molecule has 0 saturated carbocycles. The molecule has 0 aliphatic rings. The van der Waals surface area contributed by atoms with Gasteiger partial charge in [0, 0.05) is 41.4 Å². The van der Waals surface area contributed by atoms with Gasteiger partial charge in [-0.3, -0.25) is 0 Å². The summed E-state index contributed by atoms with van der Waals surface area (Å²) in [5.41, 5.74) is 4.77. The second-order valence-corrected chi connectivity index (χ2v) is 4.95. The van der Waals surface area contributed by atoms with Crippen LogP contribution in [-0.2, 0) is 13.5 Å². The van der Waals surface area contributed by atoms with Crippen LogP contribution < -0.4 is 0 Å². The van der Waals surface area contributed by atoms with Crippen molar-refractivity contribution in [2.24, 2.45) is 7.05 Å². The maximum atomic E-state index is 4.62. The smallest absolute Gasteiger partial charge is 0.161 e. The van der Waals surface area contributed by atoms with E-state index in [-0.39, 0.29) is 0 Å². The number of nitrogens with zero attached hydrogens (tertiary/aromatic N) is 3. The Morgan fingerprint density at radius 3 is 2.79 bits per heavy atom. The van der Waals surface area contributed by atoms with Crippen molar-refractivity contribution in [3.63, 3.8) is 0 Å². The van der Waals surface area contributed by atoms with Gasteiger partial charge in [-0.2, -0.15) is 0 Å². The highest BCUT2D eigenvalue weighted by molar-refractivity contribution is 6.12. The highest BCUT2D eigenvalue weighted by Crippen LogP contribution is 2.30. The van der Waals surface area contributed by atoms with Gasteiger partial charge >= 0.3 is 0 Å². The van der Waals surface area contributed by atoms with Gasteiger partial charge in [-0.1, -0.05) is 25.1 Å². The Morgan fingerprint density at radius 1 is 1.11 bits per heavy atom. The third-order valence-electron chi connectivity index (χ3n) is 3.98. The first-order chi connectivity index (χ1) is 9.31. The normalized spacial score (nSPS) is 11.9. The van der Waals surface area contributed by atoms with Gasteiger partial charge in [0.25, 0.3) is 0 Å². The SMILES string of the molecule is CCc1cnc2c3c(ccn12)c1ccccc1n3C. The van der Waals surface area contributed by atoms with Crippen molar-refractivity contribution in [3.8, 4) is 0 Å². The van der Waals surface area contributed by atoms with Gasteiger partial charge in [-0.25, -0.2) is 4.98 Å². The second kappa shape index (κ2) is 3.60. The first-order valence-corrected chi connectivity index (χ1v) is 6.63. The van der Waals surface area contributed by atoms with E-state index in [0.717, 1.165) is 12.1 Å². The molecule has 0 amide bonds. The minimum absolute atomic E-state index is 0.997. The quantitative estimate of drug-likeness (QED) is 0.506. The molecule has 0 unspecified atom stereocenters. The molecule has 4 rings (SSSR count). The molecule has 94 valence electrons. The van der Waals surface area contributed by atoms with Crippen LogP contribution in [-0.4, -0.2) is 14.0 Å². The summed E-state index contributed by atoms with van der Waals surface area (Å²) >= 11 is 0. The highest BCUT2D eigenvalue weighted by atomic mass is 15.0. The third-order valence-corrected chi connectivity index (χ3v) is 3.98. The summed E-state index contributed by atoms with van der Waals surface area (Å²) in [5, 5.41) is 2.57. The number of imidazole rings is 1. The minimum atomic E-state index is 0.997. The van der Waals surface area contributed by atoms with E-state index in [4.69, 9.17) is 0 Å². The van der Waals surface area contributed by atoms with Crippen molar-refractivity contribution in [1.82, 2.24) is 14.0 Å². The number of aryl methyl sites for hydroxylation is 2. The van der Waals surface area contributed by atoms with Gasteiger partial charge < -0.3 is 8.97 Å². The van der Waals surface area contributed by atoms with Gasteiger partial charge in [-0.05, 0) is 18.6 Å². The molecule has 3 heteroatoms. The van der Waals surface area contributed by atoms with Crippen LogP contribution in [0.5, 0.6) is 0 Å². The predicted molar refractivity (Wildman–Crippen MR) is 78.6 cm³/mol. The number of hydrogen-bond acceptors (Lipinski definition) is 1. The van der Waals surface area contributed by atoms with Crippen molar-refractivity contribution in [3.05, 3.63) is 48.4 Å².